The third-order valence-electron chi connectivity index (χ3n) is 5.40. The molecule has 0 radical (unpaired) electrons. The molecule has 2 atom stereocenters. The summed E-state index contributed by atoms with van der Waals surface area (Å²) < 4.78 is 5.66. The molecule has 0 N–H and O–H groups in total. The van der Waals surface area contributed by atoms with Crippen LogP contribution in [-0.2, 0) is 16.1 Å². The van der Waals surface area contributed by atoms with E-state index in [1.54, 1.807) is 11.8 Å². The number of hydrogen-bond donors (Lipinski definition) is 0. The van der Waals surface area contributed by atoms with Gasteiger partial charge in [-0.2, -0.15) is 0 Å². The standard InChI is InChI=1S/C19H26N2O2S/c22-19(14-24-13-17-7-4-10-23-17)21-12-16-6-3-9-20(16)11-15-5-1-2-8-18(15)21/h1-2,5,8,16-17H,3-4,6-7,9-14H2. The first-order chi connectivity index (χ1) is 11.8. The summed E-state index contributed by atoms with van der Waals surface area (Å²) in [7, 11) is 0. The van der Waals surface area contributed by atoms with Crippen molar-refractivity contribution in [3.8, 4) is 0 Å². The van der Waals surface area contributed by atoms with Crippen molar-refractivity contribution in [1.29, 1.82) is 0 Å². The molecule has 4 rings (SSSR count). The van der Waals surface area contributed by atoms with Crippen molar-refractivity contribution in [2.45, 2.75) is 44.4 Å². The molecule has 0 spiro atoms. The van der Waals surface area contributed by atoms with Crippen LogP contribution in [0.4, 0.5) is 5.69 Å². The predicted octanol–water partition coefficient (Wildman–Crippen LogP) is 2.91. The van der Waals surface area contributed by atoms with E-state index in [2.05, 4.69) is 29.2 Å². The minimum Gasteiger partial charge on any atom is -0.377 e. The zero-order chi connectivity index (χ0) is 16.4. The van der Waals surface area contributed by atoms with Crippen LogP contribution in [0.5, 0.6) is 0 Å². The summed E-state index contributed by atoms with van der Waals surface area (Å²) in [6.45, 7) is 3.87. The lowest BCUT2D eigenvalue weighted by atomic mass is 10.1. The number of nitrogens with zero attached hydrogens (tertiary/aromatic N) is 2. The fourth-order valence-electron chi connectivity index (χ4n) is 4.11. The van der Waals surface area contributed by atoms with E-state index in [1.807, 2.05) is 4.90 Å². The minimum absolute atomic E-state index is 0.249. The number of amides is 1. The van der Waals surface area contributed by atoms with E-state index in [0.29, 0.717) is 17.9 Å². The van der Waals surface area contributed by atoms with Crippen LogP contribution >= 0.6 is 11.8 Å². The highest BCUT2D eigenvalue weighted by molar-refractivity contribution is 8.00. The number of rotatable bonds is 4. The monoisotopic (exact) mass is 346 g/mol. The third kappa shape index (κ3) is 3.48. The molecule has 130 valence electrons. The first-order valence-corrected chi connectivity index (χ1v) is 10.3. The van der Waals surface area contributed by atoms with Gasteiger partial charge < -0.3 is 9.64 Å². The Balaban J connectivity index is 1.44. The summed E-state index contributed by atoms with van der Waals surface area (Å²) in [5, 5.41) is 0. The summed E-state index contributed by atoms with van der Waals surface area (Å²) >= 11 is 1.73. The molecule has 4 nitrogen and oxygen atoms in total. The van der Waals surface area contributed by atoms with E-state index in [1.165, 1.54) is 18.4 Å². The van der Waals surface area contributed by atoms with E-state index in [-0.39, 0.29) is 5.91 Å². The van der Waals surface area contributed by atoms with Gasteiger partial charge in [-0.15, -0.1) is 11.8 Å². The van der Waals surface area contributed by atoms with E-state index in [0.717, 1.165) is 50.5 Å². The van der Waals surface area contributed by atoms with E-state index in [9.17, 15) is 4.79 Å². The van der Waals surface area contributed by atoms with Gasteiger partial charge >= 0.3 is 0 Å². The lowest BCUT2D eigenvalue weighted by Crippen LogP contribution is -2.41. The van der Waals surface area contributed by atoms with Crippen molar-refractivity contribution in [2.75, 3.05) is 36.1 Å². The van der Waals surface area contributed by atoms with Gasteiger partial charge in [-0.1, -0.05) is 18.2 Å². The highest BCUT2D eigenvalue weighted by Gasteiger charge is 2.33. The first-order valence-electron chi connectivity index (χ1n) is 9.13. The second kappa shape index (κ2) is 7.46. The fraction of sp³-hybridized carbons (Fsp3) is 0.632. The topological polar surface area (TPSA) is 32.8 Å². The number of anilines is 1. The van der Waals surface area contributed by atoms with Gasteiger partial charge in [0.2, 0.25) is 5.91 Å². The Labute approximate surface area is 148 Å². The number of thioether (sulfide) groups is 1. The van der Waals surface area contributed by atoms with Crippen LogP contribution in [0, 0.1) is 0 Å². The molecule has 0 aliphatic carbocycles. The second-order valence-corrected chi connectivity index (χ2v) is 8.08. The molecule has 1 aromatic carbocycles. The predicted molar refractivity (Wildman–Crippen MR) is 98.5 cm³/mol. The zero-order valence-corrected chi connectivity index (χ0v) is 15.0. The smallest absolute Gasteiger partial charge is 0.237 e. The van der Waals surface area contributed by atoms with Gasteiger partial charge in [0, 0.05) is 37.2 Å². The number of hydrogen-bond acceptors (Lipinski definition) is 4. The molecular formula is C19H26N2O2S. The van der Waals surface area contributed by atoms with Crippen LogP contribution in [0.1, 0.15) is 31.2 Å². The average molecular weight is 346 g/mol. The van der Waals surface area contributed by atoms with Gasteiger partial charge in [0.05, 0.1) is 11.9 Å². The Morgan fingerprint density at radius 2 is 2.17 bits per heavy atom. The van der Waals surface area contributed by atoms with Crippen LogP contribution in [0.15, 0.2) is 24.3 Å². The van der Waals surface area contributed by atoms with Crippen LogP contribution in [0.25, 0.3) is 0 Å². The highest BCUT2D eigenvalue weighted by Crippen LogP contribution is 2.32. The number of fused-ring (bicyclic) bond motifs is 2. The van der Waals surface area contributed by atoms with Gasteiger partial charge in [0.1, 0.15) is 0 Å². The summed E-state index contributed by atoms with van der Waals surface area (Å²) in [5.41, 5.74) is 2.41. The van der Waals surface area contributed by atoms with Gasteiger partial charge in [-0.3, -0.25) is 9.69 Å². The molecule has 24 heavy (non-hydrogen) atoms. The molecule has 1 amide bonds. The molecule has 3 aliphatic rings. The fourth-order valence-corrected chi connectivity index (χ4v) is 5.09. The minimum atomic E-state index is 0.249. The number of ether oxygens (including phenoxy) is 1. The van der Waals surface area contributed by atoms with E-state index >= 15 is 0 Å². The normalized spacial score (nSPS) is 26.9. The molecule has 0 aromatic heterocycles. The van der Waals surface area contributed by atoms with Crippen molar-refractivity contribution in [3.63, 3.8) is 0 Å². The van der Waals surface area contributed by atoms with Crippen molar-refractivity contribution in [3.05, 3.63) is 29.8 Å². The van der Waals surface area contributed by atoms with Crippen LogP contribution in [0.2, 0.25) is 0 Å². The summed E-state index contributed by atoms with van der Waals surface area (Å²) in [6.07, 6.45) is 5.12. The van der Waals surface area contributed by atoms with Crippen molar-refractivity contribution in [1.82, 2.24) is 4.90 Å². The Morgan fingerprint density at radius 1 is 1.25 bits per heavy atom. The largest absolute Gasteiger partial charge is 0.377 e. The number of para-hydroxylation sites is 1. The van der Waals surface area contributed by atoms with Gasteiger partial charge in [-0.25, -0.2) is 0 Å². The number of benzene rings is 1. The summed E-state index contributed by atoms with van der Waals surface area (Å²) in [6, 6.07) is 8.94. The lowest BCUT2D eigenvalue weighted by molar-refractivity contribution is -0.116. The highest BCUT2D eigenvalue weighted by atomic mass is 32.2. The molecule has 3 aliphatic heterocycles. The molecule has 0 bridgehead atoms. The Hall–Kier alpha value is -1.04. The average Bonchev–Trinajstić information content (AvgIpc) is 3.23. The molecule has 2 fully saturated rings. The quantitative estimate of drug-likeness (QED) is 0.839. The Bertz CT molecular complexity index is 588. The molecular weight excluding hydrogens is 320 g/mol. The summed E-state index contributed by atoms with van der Waals surface area (Å²) in [4.78, 5) is 17.5. The zero-order valence-electron chi connectivity index (χ0n) is 14.2. The first kappa shape index (κ1) is 16.4. The third-order valence-corrected chi connectivity index (χ3v) is 6.46. The molecule has 2 saturated heterocycles. The van der Waals surface area contributed by atoms with Crippen LogP contribution in [0.3, 0.4) is 0 Å². The number of carbonyl (C=O) groups is 1. The second-order valence-electron chi connectivity index (χ2n) is 7.05. The maximum Gasteiger partial charge on any atom is 0.237 e. The molecule has 5 heteroatoms. The van der Waals surface area contributed by atoms with E-state index < -0.39 is 0 Å². The van der Waals surface area contributed by atoms with Crippen molar-refractivity contribution >= 4 is 23.4 Å². The van der Waals surface area contributed by atoms with E-state index in [4.69, 9.17) is 4.74 Å². The van der Waals surface area contributed by atoms with Crippen molar-refractivity contribution in [2.24, 2.45) is 0 Å². The molecule has 2 unspecified atom stereocenters. The van der Waals surface area contributed by atoms with Gasteiger partial charge in [-0.05, 0) is 43.9 Å². The van der Waals surface area contributed by atoms with Crippen molar-refractivity contribution < 1.29 is 9.53 Å². The summed E-state index contributed by atoms with van der Waals surface area (Å²) in [5.74, 6) is 1.75. The molecule has 3 heterocycles. The number of carbonyl (C=O) groups excluding carboxylic acids is 1. The van der Waals surface area contributed by atoms with Gasteiger partial charge in [0.25, 0.3) is 0 Å². The van der Waals surface area contributed by atoms with Gasteiger partial charge in [0.15, 0.2) is 0 Å². The Morgan fingerprint density at radius 3 is 3.04 bits per heavy atom. The van der Waals surface area contributed by atoms with Crippen LogP contribution in [-0.4, -0.2) is 54.2 Å². The molecule has 0 saturated carbocycles. The van der Waals surface area contributed by atoms with Crippen LogP contribution < -0.4 is 4.90 Å². The maximum atomic E-state index is 12.9. The maximum absolute atomic E-state index is 12.9. The lowest BCUT2D eigenvalue weighted by Gasteiger charge is -2.26. The molecule has 1 aromatic rings. The Kier molecular flexibility index (Phi) is 5.11. The SMILES string of the molecule is O=C(CSCC1CCCO1)N1CC2CCCN2Cc2ccccc21.